The van der Waals surface area contributed by atoms with Crippen LogP contribution in [0.3, 0.4) is 0 Å². The third-order valence-electron chi connectivity index (χ3n) is 6.23. The Morgan fingerprint density at radius 2 is 2.08 bits per heavy atom. The minimum Gasteiger partial charge on any atom is -0.443 e. The van der Waals surface area contributed by atoms with E-state index in [1.54, 1.807) is 6.20 Å². The summed E-state index contributed by atoms with van der Waals surface area (Å²) in [5.74, 6) is 1.33. The highest BCUT2D eigenvalue weighted by Gasteiger charge is 2.73. The van der Waals surface area contributed by atoms with Crippen LogP contribution < -0.4 is 9.47 Å². The summed E-state index contributed by atoms with van der Waals surface area (Å²) < 4.78 is 13.7. The molecule has 0 spiro atoms. The Balaban J connectivity index is 1.51. The Morgan fingerprint density at radius 3 is 2.75 bits per heavy atom. The van der Waals surface area contributed by atoms with Crippen LogP contribution in [-0.2, 0) is 5.79 Å². The number of benzene rings is 1. The first kappa shape index (κ1) is 14.6. The predicted octanol–water partition coefficient (Wildman–Crippen LogP) is 3.69. The van der Waals surface area contributed by atoms with Crippen LogP contribution in [-0.4, -0.2) is 35.1 Å². The van der Waals surface area contributed by atoms with Crippen LogP contribution in [0.25, 0.3) is 0 Å². The molecule has 0 bridgehead atoms. The summed E-state index contributed by atoms with van der Waals surface area (Å²) in [6.45, 7) is 5.52. The fraction of sp³-hybridized carbons (Fsp3) is 0.421. The van der Waals surface area contributed by atoms with Crippen molar-refractivity contribution < 1.29 is 14.0 Å². The number of ether oxygens (including phenoxy) is 2. The second-order valence-corrected chi connectivity index (χ2v) is 7.99. The maximum absolute atomic E-state index is 6.32. The lowest BCUT2D eigenvalue weighted by atomic mass is 9.82. The number of hydrogen-bond acceptors (Lipinski definition) is 3. The van der Waals surface area contributed by atoms with Crippen molar-refractivity contribution >= 4 is 11.6 Å². The molecule has 0 amide bonds. The van der Waals surface area contributed by atoms with Gasteiger partial charge >= 0.3 is 0 Å². The Bertz CT molecular complexity index is 840. The van der Waals surface area contributed by atoms with E-state index in [9.17, 15) is 0 Å². The van der Waals surface area contributed by atoms with E-state index >= 15 is 0 Å². The van der Waals surface area contributed by atoms with Crippen molar-refractivity contribution in [2.24, 2.45) is 0 Å². The quantitative estimate of drug-likeness (QED) is 0.615. The van der Waals surface area contributed by atoms with Gasteiger partial charge in [-0.25, -0.2) is 0 Å². The molecule has 4 heterocycles. The van der Waals surface area contributed by atoms with Crippen LogP contribution in [0.5, 0.6) is 11.5 Å². The van der Waals surface area contributed by atoms with E-state index in [1.807, 2.05) is 25.1 Å². The van der Waals surface area contributed by atoms with E-state index in [0.717, 1.165) is 23.2 Å². The van der Waals surface area contributed by atoms with Gasteiger partial charge in [0.05, 0.1) is 24.0 Å². The summed E-state index contributed by atoms with van der Waals surface area (Å²) in [7, 11) is 2.34. The molecule has 3 aliphatic rings. The summed E-state index contributed by atoms with van der Waals surface area (Å²) in [5.41, 5.74) is 2.00. The first-order chi connectivity index (χ1) is 11.4. The molecule has 4 nitrogen and oxygen atoms in total. The van der Waals surface area contributed by atoms with Crippen LogP contribution in [0.15, 0.2) is 36.5 Å². The van der Waals surface area contributed by atoms with Gasteiger partial charge in [0, 0.05) is 18.7 Å². The standard InChI is InChI=1S/C19H20ClN2O2/c1-11-17(14-10-22(11,14)3)13-5-4-6-15-18(13)24-19(2,23-15)16-8-7-12(20)9-21-16/h4-9,11,14,17H,10H2,1-3H3/q+1. The molecule has 5 heteroatoms. The lowest BCUT2D eigenvalue weighted by Crippen LogP contribution is -2.51. The smallest absolute Gasteiger partial charge is 0.292 e. The van der Waals surface area contributed by atoms with E-state index in [2.05, 4.69) is 31.1 Å². The number of fused-ring (bicyclic) bond motifs is 2. The molecule has 5 unspecified atom stereocenters. The van der Waals surface area contributed by atoms with Crippen molar-refractivity contribution in [3.05, 3.63) is 52.8 Å². The van der Waals surface area contributed by atoms with Gasteiger partial charge in [-0.2, -0.15) is 0 Å². The van der Waals surface area contributed by atoms with Crippen LogP contribution in [0.1, 0.15) is 31.0 Å². The minimum atomic E-state index is -0.905. The van der Waals surface area contributed by atoms with E-state index < -0.39 is 5.79 Å². The summed E-state index contributed by atoms with van der Waals surface area (Å²) in [6.07, 6.45) is 1.62. The molecule has 5 atom stereocenters. The normalized spacial score (nSPS) is 38.4. The van der Waals surface area contributed by atoms with Crippen molar-refractivity contribution in [2.45, 2.75) is 37.6 Å². The van der Waals surface area contributed by atoms with Gasteiger partial charge in [-0.05, 0) is 25.1 Å². The summed E-state index contributed by atoms with van der Waals surface area (Å²) in [6, 6.07) is 11.3. The molecular formula is C19H20ClN2O2+. The highest BCUT2D eigenvalue weighted by molar-refractivity contribution is 6.30. The molecule has 0 saturated carbocycles. The average Bonchev–Trinajstić information content (AvgIpc) is 2.99. The van der Waals surface area contributed by atoms with E-state index in [1.165, 1.54) is 16.6 Å². The number of halogens is 1. The van der Waals surface area contributed by atoms with Gasteiger partial charge in [-0.1, -0.05) is 23.7 Å². The summed E-state index contributed by atoms with van der Waals surface area (Å²) in [4.78, 5) is 4.39. The van der Waals surface area contributed by atoms with Crippen molar-refractivity contribution in [3.8, 4) is 11.5 Å². The van der Waals surface area contributed by atoms with Crippen molar-refractivity contribution in [1.82, 2.24) is 4.98 Å². The molecule has 24 heavy (non-hydrogen) atoms. The van der Waals surface area contributed by atoms with Gasteiger partial charge in [0.25, 0.3) is 5.79 Å². The molecule has 2 saturated heterocycles. The van der Waals surface area contributed by atoms with Gasteiger partial charge in [-0.15, -0.1) is 0 Å². The maximum atomic E-state index is 6.32. The molecule has 0 aliphatic carbocycles. The van der Waals surface area contributed by atoms with E-state index in [4.69, 9.17) is 21.1 Å². The predicted molar refractivity (Wildman–Crippen MR) is 91.3 cm³/mol. The monoisotopic (exact) mass is 343 g/mol. The topological polar surface area (TPSA) is 31.4 Å². The summed E-state index contributed by atoms with van der Waals surface area (Å²) >= 11 is 5.95. The Labute approximate surface area is 146 Å². The number of aromatic nitrogens is 1. The van der Waals surface area contributed by atoms with Gasteiger partial charge in [0.15, 0.2) is 17.5 Å². The fourth-order valence-corrected chi connectivity index (χ4v) is 4.63. The average molecular weight is 344 g/mol. The van der Waals surface area contributed by atoms with Crippen molar-refractivity contribution in [1.29, 1.82) is 0 Å². The van der Waals surface area contributed by atoms with Gasteiger partial charge in [-0.3, -0.25) is 4.98 Å². The maximum Gasteiger partial charge on any atom is 0.292 e. The molecule has 124 valence electrons. The fourth-order valence-electron chi connectivity index (χ4n) is 4.52. The van der Waals surface area contributed by atoms with Crippen molar-refractivity contribution in [3.63, 3.8) is 0 Å². The second kappa shape index (κ2) is 4.44. The lowest BCUT2D eigenvalue weighted by Gasteiger charge is -2.39. The Hall–Kier alpha value is -1.78. The Kier molecular flexibility index (Phi) is 2.69. The SMILES string of the molecule is CC1C(c2cccc3c2OC(C)(c2ccc(Cl)cn2)O3)C2C[N+]12C. The minimum absolute atomic E-state index is 0.550. The number of hydrogen-bond donors (Lipinski definition) is 0. The van der Waals surface area contributed by atoms with E-state index in [0.29, 0.717) is 17.0 Å². The molecule has 1 aromatic heterocycles. The molecule has 2 aromatic rings. The largest absolute Gasteiger partial charge is 0.443 e. The zero-order chi connectivity index (χ0) is 16.7. The highest BCUT2D eigenvalue weighted by Crippen LogP contribution is 2.60. The molecule has 5 rings (SSSR count). The molecule has 0 radical (unpaired) electrons. The molecule has 3 aliphatic heterocycles. The number of nitrogens with zero attached hydrogens (tertiary/aromatic N) is 2. The van der Waals surface area contributed by atoms with Crippen molar-refractivity contribution in [2.75, 3.05) is 13.6 Å². The second-order valence-electron chi connectivity index (χ2n) is 7.55. The summed E-state index contributed by atoms with van der Waals surface area (Å²) in [5, 5.41) is 0.604. The first-order valence-corrected chi connectivity index (χ1v) is 8.78. The third kappa shape index (κ3) is 1.76. The van der Waals surface area contributed by atoms with Crippen LogP contribution in [0, 0.1) is 0 Å². The molecular weight excluding hydrogens is 324 g/mol. The highest BCUT2D eigenvalue weighted by atomic mass is 35.5. The number of para-hydroxylation sites is 1. The molecule has 0 N–H and O–H groups in total. The van der Waals surface area contributed by atoms with Gasteiger partial charge < -0.3 is 14.0 Å². The number of quaternary nitrogens is 1. The first-order valence-electron chi connectivity index (χ1n) is 8.40. The Morgan fingerprint density at radius 1 is 1.25 bits per heavy atom. The van der Waals surface area contributed by atoms with Crippen LogP contribution >= 0.6 is 11.6 Å². The van der Waals surface area contributed by atoms with E-state index in [-0.39, 0.29) is 0 Å². The number of pyridine rings is 1. The van der Waals surface area contributed by atoms with Crippen LogP contribution in [0.2, 0.25) is 5.02 Å². The molecule has 1 aromatic carbocycles. The van der Waals surface area contributed by atoms with Gasteiger partial charge in [0.1, 0.15) is 12.2 Å². The third-order valence-corrected chi connectivity index (χ3v) is 6.46. The number of rotatable bonds is 2. The number of likely N-dealkylation sites (N-methyl/N-ethyl adjacent to an activating group) is 1. The molecule has 2 fully saturated rings. The zero-order valence-corrected chi connectivity index (χ0v) is 14.7. The zero-order valence-electron chi connectivity index (χ0n) is 14.0. The lowest BCUT2D eigenvalue weighted by molar-refractivity contribution is -0.859. The van der Waals surface area contributed by atoms with Gasteiger partial charge in [0.2, 0.25) is 0 Å². The van der Waals surface area contributed by atoms with Crippen LogP contribution in [0.4, 0.5) is 0 Å².